The van der Waals surface area contributed by atoms with Crippen molar-refractivity contribution in [3.05, 3.63) is 133 Å². The second kappa shape index (κ2) is 7.41. The summed E-state index contributed by atoms with van der Waals surface area (Å²) in [6, 6.07) is 50.3. The predicted molar refractivity (Wildman–Crippen MR) is 155 cm³/mol. The van der Waals surface area contributed by atoms with Crippen molar-refractivity contribution >= 4 is 53.9 Å². The molecule has 0 aliphatic rings. The molecule has 0 fully saturated rings. The number of hydrogen-bond acceptors (Lipinski definition) is 0. The van der Waals surface area contributed by atoms with Crippen molar-refractivity contribution in [2.24, 2.45) is 0 Å². The van der Waals surface area contributed by atoms with Gasteiger partial charge < -0.3 is 0 Å². The molecule has 0 N–H and O–H groups in total. The van der Waals surface area contributed by atoms with Crippen LogP contribution in [-0.4, -0.2) is 0 Å². The van der Waals surface area contributed by atoms with Gasteiger partial charge in [-0.3, -0.25) is 0 Å². The lowest BCUT2D eigenvalue weighted by Gasteiger charge is -2.19. The van der Waals surface area contributed by atoms with Crippen LogP contribution in [0.25, 0.3) is 76.1 Å². The smallest absolute Gasteiger partial charge is 0.000718 e. The van der Waals surface area contributed by atoms with Crippen LogP contribution in [0, 0.1) is 6.07 Å². The molecule has 165 valence electrons. The van der Waals surface area contributed by atoms with Crippen molar-refractivity contribution in [1.82, 2.24) is 0 Å². The Morgan fingerprint density at radius 2 is 0.944 bits per heavy atom. The van der Waals surface area contributed by atoms with Gasteiger partial charge in [0, 0.05) is 0 Å². The maximum Gasteiger partial charge on any atom is -0.000718 e. The van der Waals surface area contributed by atoms with Gasteiger partial charge in [0.2, 0.25) is 0 Å². The minimum atomic E-state index is 1.15. The second-order valence-corrected chi connectivity index (χ2v) is 9.68. The van der Waals surface area contributed by atoms with E-state index in [0.29, 0.717) is 0 Å². The fourth-order valence-electron chi connectivity index (χ4n) is 5.93. The first-order chi connectivity index (χ1) is 17.8. The van der Waals surface area contributed by atoms with E-state index in [4.69, 9.17) is 0 Å². The first kappa shape index (κ1) is 19.6. The Kier molecular flexibility index (Phi) is 4.03. The van der Waals surface area contributed by atoms with Gasteiger partial charge in [0.15, 0.2) is 0 Å². The summed E-state index contributed by atoms with van der Waals surface area (Å²) in [7, 11) is 0. The van der Waals surface area contributed by atoms with E-state index in [2.05, 4.69) is 133 Å². The van der Waals surface area contributed by atoms with Crippen molar-refractivity contribution in [2.75, 3.05) is 0 Å². The Morgan fingerprint density at radius 3 is 1.67 bits per heavy atom. The first-order valence-electron chi connectivity index (χ1n) is 12.4. The van der Waals surface area contributed by atoms with E-state index in [1.807, 2.05) is 0 Å². The fourth-order valence-corrected chi connectivity index (χ4v) is 5.93. The molecule has 8 rings (SSSR count). The highest BCUT2D eigenvalue weighted by atomic mass is 14.2. The summed E-state index contributed by atoms with van der Waals surface area (Å²) in [6.07, 6.45) is 0. The zero-order valence-corrected chi connectivity index (χ0v) is 19.6. The normalized spacial score (nSPS) is 11.9. The number of hydrogen-bond donors (Lipinski definition) is 0. The Hall–Kier alpha value is -4.68. The number of rotatable bonds is 2. The second-order valence-electron chi connectivity index (χ2n) is 9.68. The molecule has 0 saturated carbocycles. The average molecular weight is 454 g/mol. The maximum absolute atomic E-state index is 3.88. The summed E-state index contributed by atoms with van der Waals surface area (Å²) in [4.78, 5) is 0. The van der Waals surface area contributed by atoms with E-state index in [1.165, 1.54) is 70.6 Å². The Balaban J connectivity index is 1.54. The van der Waals surface area contributed by atoms with Gasteiger partial charge in [-0.05, 0) is 94.3 Å². The van der Waals surface area contributed by atoms with Crippen LogP contribution in [0.1, 0.15) is 0 Å². The van der Waals surface area contributed by atoms with Crippen molar-refractivity contribution < 1.29 is 0 Å². The Labute approximate surface area is 209 Å². The summed E-state index contributed by atoms with van der Waals surface area (Å²) in [6.45, 7) is 0. The largest absolute Gasteiger partial charge is 0.0616 e. The molecule has 1 radical (unpaired) electrons. The summed E-state index contributed by atoms with van der Waals surface area (Å²) in [5.41, 5.74) is 4.83. The number of fused-ring (bicyclic) bond motifs is 2. The third kappa shape index (κ3) is 2.82. The molecule has 8 aromatic rings. The van der Waals surface area contributed by atoms with Crippen LogP contribution in [0.3, 0.4) is 0 Å². The van der Waals surface area contributed by atoms with E-state index in [1.54, 1.807) is 0 Å². The van der Waals surface area contributed by atoms with Crippen LogP contribution in [0.2, 0.25) is 0 Å². The van der Waals surface area contributed by atoms with Crippen molar-refractivity contribution in [3.63, 3.8) is 0 Å². The van der Waals surface area contributed by atoms with Gasteiger partial charge in [0.1, 0.15) is 0 Å². The van der Waals surface area contributed by atoms with Crippen molar-refractivity contribution in [2.45, 2.75) is 0 Å². The molecule has 0 amide bonds. The number of benzene rings is 8. The van der Waals surface area contributed by atoms with Crippen LogP contribution in [0.5, 0.6) is 0 Å². The van der Waals surface area contributed by atoms with Crippen LogP contribution < -0.4 is 0 Å². The zero-order valence-electron chi connectivity index (χ0n) is 19.6. The molecule has 0 bridgehead atoms. The third-order valence-electron chi connectivity index (χ3n) is 7.63. The van der Waals surface area contributed by atoms with Gasteiger partial charge in [-0.1, -0.05) is 115 Å². The molecule has 0 saturated heterocycles. The molecule has 36 heavy (non-hydrogen) atoms. The maximum atomic E-state index is 3.88. The Morgan fingerprint density at radius 1 is 0.389 bits per heavy atom. The molecular weight excluding hydrogens is 432 g/mol. The van der Waals surface area contributed by atoms with Gasteiger partial charge in [0.05, 0.1) is 0 Å². The lowest BCUT2D eigenvalue weighted by molar-refractivity contribution is 1.65. The van der Waals surface area contributed by atoms with Crippen LogP contribution in [-0.2, 0) is 0 Å². The summed E-state index contributed by atoms with van der Waals surface area (Å²) in [5, 5.41) is 12.7. The van der Waals surface area contributed by atoms with Crippen LogP contribution in [0.15, 0.2) is 127 Å². The molecule has 0 aromatic heterocycles. The molecular formula is C36H21. The molecule has 0 aliphatic heterocycles. The van der Waals surface area contributed by atoms with Gasteiger partial charge in [-0.25, -0.2) is 0 Å². The first-order valence-corrected chi connectivity index (χ1v) is 12.4. The quantitative estimate of drug-likeness (QED) is 0.228. The molecule has 0 spiro atoms. The highest BCUT2D eigenvalue weighted by molar-refractivity contribution is 6.27. The fraction of sp³-hybridized carbons (Fsp3) is 0. The molecule has 0 atom stereocenters. The van der Waals surface area contributed by atoms with Gasteiger partial charge >= 0.3 is 0 Å². The van der Waals surface area contributed by atoms with E-state index in [-0.39, 0.29) is 0 Å². The lowest BCUT2D eigenvalue weighted by Crippen LogP contribution is -1.92. The van der Waals surface area contributed by atoms with Crippen LogP contribution in [0.4, 0.5) is 0 Å². The van der Waals surface area contributed by atoms with Crippen molar-refractivity contribution in [1.29, 1.82) is 0 Å². The van der Waals surface area contributed by atoms with E-state index in [9.17, 15) is 0 Å². The van der Waals surface area contributed by atoms with Gasteiger partial charge in [-0.2, -0.15) is 0 Å². The molecule has 8 aromatic carbocycles. The molecule has 0 heteroatoms. The monoisotopic (exact) mass is 453 g/mol. The molecule has 0 heterocycles. The standard InChI is InChI=1S/C36H21/c1-3-8-27-20-29(15-12-23(27)6-1)33-22-31-17-14-25-10-5-11-26-18-19-32(36(31)34(25)26)35(33)30-16-13-24-7-2-4-9-28(24)21-30/h1-21H. The minimum absolute atomic E-state index is 1.15. The predicted octanol–water partition coefficient (Wildman–Crippen LogP) is 10.0. The third-order valence-corrected chi connectivity index (χ3v) is 7.63. The minimum Gasteiger partial charge on any atom is -0.0616 e. The Bertz CT molecular complexity index is 2080. The topological polar surface area (TPSA) is 0 Å². The van der Waals surface area contributed by atoms with E-state index < -0.39 is 0 Å². The average Bonchev–Trinajstić information content (AvgIpc) is 2.95. The van der Waals surface area contributed by atoms with Gasteiger partial charge in [0.25, 0.3) is 0 Å². The SMILES string of the molecule is [c]1c(-c2ccc3ccccc3c2)c(-c2ccc3ccccc3c2)c2ccc3cccc4ccc1c2c43. The van der Waals surface area contributed by atoms with Crippen molar-refractivity contribution in [3.8, 4) is 22.3 Å². The molecule has 0 aliphatic carbocycles. The highest BCUT2D eigenvalue weighted by Gasteiger charge is 2.18. The molecule has 0 nitrogen and oxygen atoms in total. The van der Waals surface area contributed by atoms with E-state index >= 15 is 0 Å². The summed E-state index contributed by atoms with van der Waals surface area (Å²) >= 11 is 0. The lowest BCUT2D eigenvalue weighted by atomic mass is 9.84. The van der Waals surface area contributed by atoms with Crippen LogP contribution >= 0.6 is 0 Å². The highest BCUT2D eigenvalue weighted by Crippen LogP contribution is 2.45. The molecule has 0 unspecified atom stereocenters. The summed E-state index contributed by atoms with van der Waals surface area (Å²) in [5.74, 6) is 0. The zero-order chi connectivity index (χ0) is 23.6. The van der Waals surface area contributed by atoms with E-state index in [0.717, 1.165) is 5.56 Å². The van der Waals surface area contributed by atoms with Gasteiger partial charge in [-0.15, -0.1) is 0 Å². The summed E-state index contributed by atoms with van der Waals surface area (Å²) < 4.78 is 0.